The zero-order valence-electron chi connectivity index (χ0n) is 8.90. The Bertz CT molecular complexity index is 452. The maximum Gasteiger partial charge on any atom is 0.0809 e. The summed E-state index contributed by atoms with van der Waals surface area (Å²) < 4.78 is 6.76. The Morgan fingerprint density at radius 3 is 2.94 bits per heavy atom. The lowest BCUT2D eigenvalue weighted by atomic mass is 10.3. The molecule has 86 valence electrons. The number of aromatic nitrogens is 1. The molecule has 0 amide bonds. The number of rotatable bonds is 5. The van der Waals surface area contributed by atoms with E-state index in [2.05, 4.69) is 32.4 Å². The van der Waals surface area contributed by atoms with Crippen LogP contribution in [0.2, 0.25) is 0 Å². The SMILES string of the molecule is Cc1ncsc1CCOCc1cc(Br)cs1. The van der Waals surface area contributed by atoms with Crippen LogP contribution in [0.25, 0.3) is 0 Å². The number of thiophene rings is 1. The normalized spacial score (nSPS) is 10.9. The zero-order chi connectivity index (χ0) is 11.4. The van der Waals surface area contributed by atoms with Crippen LogP contribution in [0.3, 0.4) is 0 Å². The van der Waals surface area contributed by atoms with Gasteiger partial charge in [-0.3, -0.25) is 0 Å². The molecule has 2 heterocycles. The van der Waals surface area contributed by atoms with E-state index in [1.54, 1.807) is 22.7 Å². The van der Waals surface area contributed by atoms with Gasteiger partial charge in [-0.05, 0) is 28.9 Å². The molecular weight excluding hydrogens is 306 g/mol. The number of hydrogen-bond donors (Lipinski definition) is 0. The van der Waals surface area contributed by atoms with Crippen molar-refractivity contribution in [3.63, 3.8) is 0 Å². The van der Waals surface area contributed by atoms with E-state index >= 15 is 0 Å². The summed E-state index contributed by atoms with van der Waals surface area (Å²) in [7, 11) is 0. The standard InChI is InChI=1S/C11H12BrNOS2/c1-8-11(16-7-13-8)2-3-14-5-10-4-9(12)6-15-10/h4,6-7H,2-3,5H2,1H3. The van der Waals surface area contributed by atoms with Gasteiger partial charge < -0.3 is 4.74 Å². The molecule has 0 bridgehead atoms. The van der Waals surface area contributed by atoms with Gasteiger partial charge in [-0.2, -0.15) is 0 Å². The summed E-state index contributed by atoms with van der Waals surface area (Å²) in [6.07, 6.45) is 0.961. The van der Waals surface area contributed by atoms with Gasteiger partial charge in [0.25, 0.3) is 0 Å². The van der Waals surface area contributed by atoms with Crippen molar-refractivity contribution in [1.82, 2.24) is 4.98 Å². The summed E-state index contributed by atoms with van der Waals surface area (Å²) in [5.74, 6) is 0. The first-order valence-electron chi connectivity index (χ1n) is 4.95. The summed E-state index contributed by atoms with van der Waals surface area (Å²) in [5.41, 5.74) is 3.02. The third-order valence-electron chi connectivity index (χ3n) is 2.18. The molecule has 0 N–H and O–H groups in total. The summed E-state index contributed by atoms with van der Waals surface area (Å²) in [4.78, 5) is 6.80. The van der Waals surface area contributed by atoms with E-state index in [1.165, 1.54) is 9.75 Å². The third kappa shape index (κ3) is 3.38. The Labute approximate surface area is 111 Å². The van der Waals surface area contributed by atoms with Gasteiger partial charge in [-0.15, -0.1) is 22.7 Å². The molecule has 2 aromatic heterocycles. The molecule has 0 spiro atoms. The van der Waals surface area contributed by atoms with Crippen LogP contribution >= 0.6 is 38.6 Å². The van der Waals surface area contributed by atoms with Gasteiger partial charge in [0, 0.05) is 26.0 Å². The average Bonchev–Trinajstić information content (AvgIpc) is 2.83. The fourth-order valence-electron chi connectivity index (χ4n) is 1.33. The van der Waals surface area contributed by atoms with Crippen LogP contribution < -0.4 is 0 Å². The van der Waals surface area contributed by atoms with Gasteiger partial charge in [0.1, 0.15) is 0 Å². The number of ether oxygens (including phenoxy) is 1. The molecule has 0 fully saturated rings. The molecule has 2 nitrogen and oxygen atoms in total. The van der Waals surface area contributed by atoms with Gasteiger partial charge in [-0.1, -0.05) is 0 Å². The van der Waals surface area contributed by atoms with Crippen LogP contribution in [0.4, 0.5) is 0 Å². The molecule has 0 saturated carbocycles. The molecule has 0 aliphatic rings. The Hall–Kier alpha value is -0.230. The predicted molar refractivity (Wildman–Crippen MR) is 72.2 cm³/mol. The van der Waals surface area contributed by atoms with Gasteiger partial charge in [0.15, 0.2) is 0 Å². The molecule has 5 heteroatoms. The number of nitrogens with zero attached hydrogens (tertiary/aromatic N) is 1. The molecule has 0 atom stereocenters. The third-order valence-corrected chi connectivity index (χ3v) is 4.85. The molecule has 0 aliphatic carbocycles. The van der Waals surface area contributed by atoms with Crippen molar-refractivity contribution in [3.05, 3.63) is 36.9 Å². The topological polar surface area (TPSA) is 22.1 Å². The van der Waals surface area contributed by atoms with Crippen LogP contribution in [-0.2, 0) is 17.8 Å². The predicted octanol–water partition coefficient (Wildman–Crippen LogP) is 4.03. The minimum atomic E-state index is 0.702. The van der Waals surface area contributed by atoms with Crippen molar-refractivity contribution in [2.75, 3.05) is 6.61 Å². The fraction of sp³-hybridized carbons (Fsp3) is 0.364. The molecule has 2 aromatic rings. The van der Waals surface area contributed by atoms with Crippen LogP contribution in [-0.4, -0.2) is 11.6 Å². The van der Waals surface area contributed by atoms with Gasteiger partial charge in [0.05, 0.1) is 24.4 Å². The molecule has 16 heavy (non-hydrogen) atoms. The lowest BCUT2D eigenvalue weighted by molar-refractivity contribution is 0.126. The highest BCUT2D eigenvalue weighted by molar-refractivity contribution is 9.10. The van der Waals surface area contributed by atoms with E-state index in [0.717, 1.165) is 23.2 Å². The molecule has 0 aliphatic heterocycles. The quantitative estimate of drug-likeness (QED) is 0.777. The van der Waals surface area contributed by atoms with Crippen molar-refractivity contribution in [2.45, 2.75) is 20.0 Å². The van der Waals surface area contributed by atoms with E-state index in [9.17, 15) is 0 Å². The first kappa shape index (κ1) is 12.2. The van der Waals surface area contributed by atoms with Gasteiger partial charge in [-0.25, -0.2) is 4.98 Å². The monoisotopic (exact) mass is 317 g/mol. The van der Waals surface area contributed by atoms with Crippen molar-refractivity contribution < 1.29 is 4.74 Å². The first-order chi connectivity index (χ1) is 7.75. The van der Waals surface area contributed by atoms with Crippen LogP contribution in [0.5, 0.6) is 0 Å². The van der Waals surface area contributed by atoms with Gasteiger partial charge in [0.2, 0.25) is 0 Å². The van der Waals surface area contributed by atoms with E-state index in [4.69, 9.17) is 4.74 Å². The average molecular weight is 318 g/mol. The van der Waals surface area contributed by atoms with Crippen molar-refractivity contribution in [2.24, 2.45) is 0 Å². The lowest BCUT2D eigenvalue weighted by Gasteiger charge is -2.01. The highest BCUT2D eigenvalue weighted by Crippen LogP contribution is 2.20. The summed E-state index contributed by atoms with van der Waals surface area (Å²) >= 11 is 6.85. The fourth-order valence-corrected chi connectivity index (χ4v) is 3.48. The number of hydrogen-bond acceptors (Lipinski definition) is 4. The second-order valence-electron chi connectivity index (χ2n) is 3.39. The molecule has 0 saturated heterocycles. The summed E-state index contributed by atoms with van der Waals surface area (Å²) in [5, 5.41) is 2.08. The second-order valence-corrected chi connectivity index (χ2v) is 6.25. The maximum atomic E-state index is 5.63. The molecule has 0 unspecified atom stereocenters. The maximum absolute atomic E-state index is 5.63. The Kier molecular flexibility index (Phi) is 4.52. The molecule has 0 radical (unpaired) electrons. The van der Waals surface area contributed by atoms with Crippen molar-refractivity contribution >= 4 is 38.6 Å². The first-order valence-corrected chi connectivity index (χ1v) is 7.50. The number of halogens is 1. The molecule has 2 rings (SSSR count). The highest BCUT2D eigenvalue weighted by atomic mass is 79.9. The minimum Gasteiger partial charge on any atom is -0.376 e. The van der Waals surface area contributed by atoms with Crippen molar-refractivity contribution in [3.8, 4) is 0 Å². The minimum absolute atomic E-state index is 0.702. The summed E-state index contributed by atoms with van der Waals surface area (Å²) in [6, 6.07) is 2.10. The number of thiazole rings is 1. The Morgan fingerprint density at radius 2 is 2.31 bits per heavy atom. The molecule has 0 aromatic carbocycles. The zero-order valence-corrected chi connectivity index (χ0v) is 12.1. The smallest absolute Gasteiger partial charge is 0.0809 e. The van der Waals surface area contributed by atoms with Crippen molar-refractivity contribution in [1.29, 1.82) is 0 Å². The van der Waals surface area contributed by atoms with Gasteiger partial charge >= 0.3 is 0 Å². The largest absolute Gasteiger partial charge is 0.376 e. The van der Waals surface area contributed by atoms with E-state index < -0.39 is 0 Å². The second kappa shape index (κ2) is 5.91. The van der Waals surface area contributed by atoms with Crippen LogP contribution in [0.15, 0.2) is 21.4 Å². The Balaban J connectivity index is 1.71. The Morgan fingerprint density at radius 1 is 1.44 bits per heavy atom. The lowest BCUT2D eigenvalue weighted by Crippen LogP contribution is -1.97. The molecular formula is C11H12BrNOS2. The van der Waals surface area contributed by atoms with Crippen LogP contribution in [0.1, 0.15) is 15.4 Å². The van der Waals surface area contributed by atoms with Crippen LogP contribution in [0, 0.1) is 6.92 Å². The van der Waals surface area contributed by atoms with E-state index in [1.807, 2.05) is 12.4 Å². The van der Waals surface area contributed by atoms with E-state index in [-0.39, 0.29) is 0 Å². The number of aryl methyl sites for hydroxylation is 1. The summed E-state index contributed by atoms with van der Waals surface area (Å²) in [6.45, 7) is 3.51. The highest BCUT2D eigenvalue weighted by Gasteiger charge is 2.02. The van der Waals surface area contributed by atoms with E-state index in [0.29, 0.717) is 6.61 Å².